The molecule has 0 aliphatic heterocycles. The summed E-state index contributed by atoms with van der Waals surface area (Å²) in [5.41, 5.74) is -4.94. The number of Topliss-reactive ketones (excluding diaryl/α,β-unsaturated/α-hetero) is 3. The summed E-state index contributed by atoms with van der Waals surface area (Å²) in [7, 11) is 0. The van der Waals surface area contributed by atoms with Gasteiger partial charge in [-0.15, -0.1) is 0 Å². The van der Waals surface area contributed by atoms with Crippen molar-refractivity contribution in [3.05, 3.63) is 11.6 Å². The first-order valence-corrected chi connectivity index (χ1v) is 8.45. The molecule has 4 aliphatic carbocycles. The molecule has 5 heteroatoms. The number of carbonyl (C=O) groups is 3. The lowest BCUT2D eigenvalue weighted by Crippen LogP contribution is -2.76. The fourth-order valence-corrected chi connectivity index (χ4v) is 4.86. The third kappa shape index (κ3) is 1.85. The maximum absolute atomic E-state index is 13.0. The first kappa shape index (κ1) is 17.5. The molecule has 2 bridgehead atoms. The molecule has 0 aromatic carbocycles. The van der Waals surface area contributed by atoms with Crippen LogP contribution < -0.4 is 0 Å². The van der Waals surface area contributed by atoms with E-state index in [9.17, 15) is 24.6 Å². The van der Waals surface area contributed by atoms with Gasteiger partial charge in [0.1, 0.15) is 11.4 Å². The van der Waals surface area contributed by atoms with Gasteiger partial charge in [0.15, 0.2) is 17.2 Å². The number of carbonyl (C=O) groups excluding carboxylic acids is 3. The molecule has 0 aromatic rings. The SMILES string of the molecule is CC(C)(C)C1=C[C@]2(O)[C@H](C1=O)[C@@H]1C(=O)C[C@@]2(O)C(=O)[C@H]1C(C)(C)C. The van der Waals surface area contributed by atoms with Crippen LogP contribution in [0, 0.1) is 28.6 Å². The van der Waals surface area contributed by atoms with Crippen LogP contribution in [0.25, 0.3) is 0 Å². The largest absolute Gasteiger partial charge is 0.381 e. The minimum atomic E-state index is -2.22. The lowest BCUT2D eigenvalue weighted by molar-refractivity contribution is -0.222. The standard InChI is InChI=1S/C19H26O5/c1-16(2,3)9-7-18(23)12(14(9)21)11-10(20)8-19(18,24)15(22)13(11)17(4,5)6/h7,11-13,23-24H,8H2,1-6H3/t11-,12-,13-,18-,19+/m0/s1. The lowest BCUT2D eigenvalue weighted by atomic mass is 9.46. The highest BCUT2D eigenvalue weighted by atomic mass is 16.4. The summed E-state index contributed by atoms with van der Waals surface area (Å²) in [6.07, 6.45) is 0.938. The van der Waals surface area contributed by atoms with Gasteiger partial charge < -0.3 is 10.2 Å². The zero-order chi connectivity index (χ0) is 18.5. The number of hydrogen-bond donors (Lipinski definition) is 2. The zero-order valence-electron chi connectivity index (χ0n) is 15.1. The molecule has 0 unspecified atom stereocenters. The summed E-state index contributed by atoms with van der Waals surface area (Å²) in [6.45, 7) is 11.0. The average Bonchev–Trinajstić information content (AvgIpc) is 2.65. The Hall–Kier alpha value is -1.33. The van der Waals surface area contributed by atoms with Crippen molar-refractivity contribution in [2.75, 3.05) is 0 Å². The predicted molar refractivity (Wildman–Crippen MR) is 87.0 cm³/mol. The molecule has 132 valence electrons. The van der Waals surface area contributed by atoms with Crippen molar-refractivity contribution in [2.24, 2.45) is 28.6 Å². The van der Waals surface area contributed by atoms with Gasteiger partial charge in [-0.05, 0) is 22.5 Å². The first-order valence-electron chi connectivity index (χ1n) is 8.45. The Kier molecular flexibility index (Phi) is 3.24. The van der Waals surface area contributed by atoms with E-state index in [4.69, 9.17) is 0 Å². The Morgan fingerprint density at radius 1 is 1.04 bits per heavy atom. The molecule has 4 rings (SSSR count). The van der Waals surface area contributed by atoms with Crippen LogP contribution in [0.2, 0.25) is 0 Å². The van der Waals surface area contributed by atoms with Crippen LogP contribution in [0.5, 0.6) is 0 Å². The molecular weight excluding hydrogens is 308 g/mol. The molecule has 0 radical (unpaired) electrons. The van der Waals surface area contributed by atoms with Gasteiger partial charge in [0.25, 0.3) is 0 Å². The monoisotopic (exact) mass is 334 g/mol. The number of fused-ring (bicyclic) bond motifs is 2. The Morgan fingerprint density at radius 2 is 1.58 bits per heavy atom. The van der Waals surface area contributed by atoms with E-state index < -0.39 is 52.0 Å². The molecule has 0 spiro atoms. The van der Waals surface area contributed by atoms with Gasteiger partial charge in [-0.2, -0.15) is 0 Å². The number of allylic oxidation sites excluding steroid dienone is 1. The molecular formula is C19H26O5. The normalized spacial score (nSPS) is 42.4. The highest BCUT2D eigenvalue weighted by Gasteiger charge is 2.76. The first-order chi connectivity index (χ1) is 10.7. The summed E-state index contributed by atoms with van der Waals surface area (Å²) in [5, 5.41) is 22.3. The molecule has 3 saturated carbocycles. The topological polar surface area (TPSA) is 91.7 Å². The summed E-state index contributed by atoms with van der Waals surface area (Å²) in [5.74, 6) is -3.85. The van der Waals surface area contributed by atoms with Gasteiger partial charge in [0.05, 0.1) is 5.92 Å². The van der Waals surface area contributed by atoms with Gasteiger partial charge in [0.2, 0.25) is 0 Å². The Labute approximate surface area is 142 Å². The molecule has 0 amide bonds. The van der Waals surface area contributed by atoms with E-state index >= 15 is 0 Å². The van der Waals surface area contributed by atoms with E-state index in [0.717, 1.165) is 0 Å². The van der Waals surface area contributed by atoms with Crippen LogP contribution in [-0.4, -0.2) is 38.8 Å². The van der Waals surface area contributed by atoms with Crippen LogP contribution in [0.3, 0.4) is 0 Å². The minimum Gasteiger partial charge on any atom is -0.381 e. The third-order valence-electron chi connectivity index (χ3n) is 6.00. The average molecular weight is 334 g/mol. The highest BCUT2D eigenvalue weighted by Crippen LogP contribution is 2.61. The Balaban J connectivity index is 2.25. The van der Waals surface area contributed by atoms with E-state index in [2.05, 4.69) is 0 Å². The second-order valence-corrected chi connectivity index (χ2v) is 9.71. The molecule has 5 nitrogen and oxygen atoms in total. The van der Waals surface area contributed by atoms with E-state index in [1.54, 1.807) is 0 Å². The molecule has 0 heterocycles. The lowest BCUT2D eigenvalue weighted by Gasteiger charge is -2.58. The van der Waals surface area contributed by atoms with Gasteiger partial charge in [0, 0.05) is 18.3 Å². The maximum atomic E-state index is 13.0. The van der Waals surface area contributed by atoms with Crippen LogP contribution in [0.15, 0.2) is 11.6 Å². The van der Waals surface area contributed by atoms with Crippen LogP contribution >= 0.6 is 0 Å². The summed E-state index contributed by atoms with van der Waals surface area (Å²) < 4.78 is 0. The molecule has 4 aliphatic rings. The minimum absolute atomic E-state index is 0.302. The van der Waals surface area contributed by atoms with E-state index in [1.165, 1.54) is 6.08 Å². The summed E-state index contributed by atoms with van der Waals surface area (Å²) in [6, 6.07) is 0. The molecule has 0 saturated heterocycles. The van der Waals surface area contributed by atoms with Crippen molar-refractivity contribution in [2.45, 2.75) is 59.2 Å². The Morgan fingerprint density at radius 3 is 2.04 bits per heavy atom. The van der Waals surface area contributed by atoms with Crippen molar-refractivity contribution >= 4 is 17.3 Å². The number of ketones is 3. The van der Waals surface area contributed by atoms with E-state index in [0.29, 0.717) is 5.57 Å². The smallest absolute Gasteiger partial charge is 0.172 e. The molecule has 3 fully saturated rings. The van der Waals surface area contributed by atoms with Crippen LogP contribution in [-0.2, 0) is 14.4 Å². The predicted octanol–water partition coefficient (Wildman–Crippen LogP) is 1.45. The van der Waals surface area contributed by atoms with Gasteiger partial charge in [-0.25, -0.2) is 0 Å². The zero-order valence-corrected chi connectivity index (χ0v) is 15.1. The Bertz CT molecular complexity index is 690. The van der Waals surface area contributed by atoms with E-state index in [-0.39, 0.29) is 11.6 Å². The third-order valence-corrected chi connectivity index (χ3v) is 6.00. The highest BCUT2D eigenvalue weighted by molar-refractivity contribution is 6.14. The van der Waals surface area contributed by atoms with Crippen molar-refractivity contribution < 1.29 is 24.6 Å². The van der Waals surface area contributed by atoms with Gasteiger partial charge in [-0.1, -0.05) is 41.5 Å². The number of aliphatic hydroxyl groups is 2. The van der Waals surface area contributed by atoms with Gasteiger partial charge >= 0.3 is 0 Å². The maximum Gasteiger partial charge on any atom is 0.172 e. The second-order valence-electron chi connectivity index (χ2n) is 9.71. The van der Waals surface area contributed by atoms with Crippen molar-refractivity contribution in [1.29, 1.82) is 0 Å². The van der Waals surface area contributed by atoms with Crippen molar-refractivity contribution in [3.8, 4) is 0 Å². The molecule has 5 atom stereocenters. The molecule has 2 N–H and O–H groups in total. The summed E-state index contributed by atoms with van der Waals surface area (Å²) in [4.78, 5) is 38.7. The van der Waals surface area contributed by atoms with Crippen molar-refractivity contribution in [1.82, 2.24) is 0 Å². The summed E-state index contributed by atoms with van der Waals surface area (Å²) >= 11 is 0. The fraction of sp³-hybridized carbons (Fsp3) is 0.737. The second kappa shape index (κ2) is 4.44. The van der Waals surface area contributed by atoms with Gasteiger partial charge in [-0.3, -0.25) is 14.4 Å². The number of hydrogen-bond acceptors (Lipinski definition) is 5. The number of rotatable bonds is 0. The van der Waals surface area contributed by atoms with E-state index in [1.807, 2.05) is 41.5 Å². The molecule has 24 heavy (non-hydrogen) atoms. The van der Waals surface area contributed by atoms with Crippen molar-refractivity contribution in [3.63, 3.8) is 0 Å². The quantitative estimate of drug-likeness (QED) is 0.700. The van der Waals surface area contributed by atoms with Crippen LogP contribution in [0.1, 0.15) is 48.0 Å². The fourth-order valence-electron chi connectivity index (χ4n) is 4.86. The van der Waals surface area contributed by atoms with Crippen LogP contribution in [0.4, 0.5) is 0 Å². The molecule has 0 aromatic heterocycles.